The minimum atomic E-state index is -3.50. The first kappa shape index (κ1) is 16.9. The second-order valence-corrected chi connectivity index (χ2v) is 8.97. The molecule has 23 heavy (non-hydrogen) atoms. The summed E-state index contributed by atoms with van der Waals surface area (Å²) < 4.78 is 30.0. The molecule has 1 saturated heterocycles. The molecular formula is C16H28N4O2S. The Labute approximate surface area is 139 Å². The van der Waals surface area contributed by atoms with Gasteiger partial charge in [-0.05, 0) is 59.4 Å². The number of nitrogens with zero attached hydrogens (tertiary/aromatic N) is 3. The first-order valence-corrected chi connectivity index (χ1v) is 10.1. The maximum absolute atomic E-state index is 12.7. The fraction of sp³-hybridized carbons (Fsp3) is 0.812. The second kappa shape index (κ2) is 6.18. The smallest absolute Gasteiger partial charge is 0.244 e. The van der Waals surface area contributed by atoms with Crippen LogP contribution in [-0.4, -0.2) is 48.8 Å². The number of hydrogen-bond acceptors (Lipinski definition) is 4. The lowest BCUT2D eigenvalue weighted by Gasteiger charge is -2.15. The summed E-state index contributed by atoms with van der Waals surface area (Å²) in [6.07, 6.45) is 3.71. The van der Waals surface area contributed by atoms with E-state index in [1.807, 2.05) is 20.8 Å². The standard InChI is InChI=1S/C16H28N4O2S/c1-11(2)20-13(4)16(12(3)18-20)23(21,22)17-9-14-7-8-19(10-14)15-5-6-15/h11,14-15,17H,5-10H2,1-4H3. The van der Waals surface area contributed by atoms with Crippen LogP contribution < -0.4 is 4.72 Å². The molecular weight excluding hydrogens is 312 g/mol. The molecule has 130 valence electrons. The number of sulfonamides is 1. The molecule has 1 N–H and O–H groups in total. The lowest BCUT2D eigenvalue weighted by atomic mass is 10.1. The predicted molar refractivity (Wildman–Crippen MR) is 90.0 cm³/mol. The monoisotopic (exact) mass is 340 g/mol. The van der Waals surface area contributed by atoms with Crippen LogP contribution in [0.2, 0.25) is 0 Å². The van der Waals surface area contributed by atoms with Gasteiger partial charge in [0.15, 0.2) is 0 Å². The van der Waals surface area contributed by atoms with Crippen LogP contribution >= 0.6 is 0 Å². The van der Waals surface area contributed by atoms with E-state index in [0.29, 0.717) is 23.1 Å². The van der Waals surface area contributed by atoms with Crippen LogP contribution in [0.25, 0.3) is 0 Å². The maximum atomic E-state index is 12.7. The fourth-order valence-electron chi connectivity index (χ4n) is 3.64. The molecule has 1 aliphatic carbocycles. The Balaban J connectivity index is 1.67. The molecule has 1 atom stereocenters. The van der Waals surface area contributed by atoms with Gasteiger partial charge < -0.3 is 4.90 Å². The van der Waals surface area contributed by atoms with Crippen molar-refractivity contribution < 1.29 is 8.42 Å². The quantitative estimate of drug-likeness (QED) is 0.858. The zero-order chi connectivity index (χ0) is 16.8. The molecule has 0 amide bonds. The molecule has 1 saturated carbocycles. The van der Waals surface area contributed by atoms with Crippen molar-refractivity contribution in [1.29, 1.82) is 0 Å². The molecule has 0 bridgehead atoms. The van der Waals surface area contributed by atoms with E-state index < -0.39 is 10.0 Å². The second-order valence-electron chi connectivity index (χ2n) is 7.27. The lowest BCUT2D eigenvalue weighted by molar-refractivity contribution is 0.314. The molecule has 2 aliphatic rings. The minimum absolute atomic E-state index is 0.152. The van der Waals surface area contributed by atoms with Crippen molar-refractivity contribution in [2.24, 2.45) is 5.92 Å². The lowest BCUT2D eigenvalue weighted by Crippen LogP contribution is -2.32. The topological polar surface area (TPSA) is 67.2 Å². The third kappa shape index (κ3) is 3.46. The van der Waals surface area contributed by atoms with Crippen molar-refractivity contribution in [3.05, 3.63) is 11.4 Å². The van der Waals surface area contributed by atoms with E-state index >= 15 is 0 Å². The Hall–Kier alpha value is -0.920. The SMILES string of the molecule is Cc1nn(C(C)C)c(C)c1S(=O)(=O)NCC1CCN(C2CC2)C1. The average molecular weight is 340 g/mol. The van der Waals surface area contributed by atoms with E-state index in [2.05, 4.69) is 14.7 Å². The van der Waals surface area contributed by atoms with Gasteiger partial charge in [0.05, 0.1) is 11.4 Å². The number of aryl methyl sites for hydroxylation is 1. The summed E-state index contributed by atoms with van der Waals surface area (Å²) in [5.74, 6) is 0.422. The first-order chi connectivity index (χ1) is 10.8. The van der Waals surface area contributed by atoms with Gasteiger partial charge in [-0.2, -0.15) is 5.10 Å². The summed E-state index contributed by atoms with van der Waals surface area (Å²) in [4.78, 5) is 2.86. The van der Waals surface area contributed by atoms with Crippen molar-refractivity contribution in [3.63, 3.8) is 0 Å². The average Bonchev–Trinajstić information content (AvgIpc) is 3.12. The first-order valence-electron chi connectivity index (χ1n) is 8.59. The normalized spacial score (nSPS) is 23.1. The molecule has 2 fully saturated rings. The number of nitrogens with one attached hydrogen (secondary N) is 1. The van der Waals surface area contributed by atoms with Gasteiger partial charge in [0.25, 0.3) is 0 Å². The van der Waals surface area contributed by atoms with Crippen LogP contribution in [-0.2, 0) is 10.0 Å². The fourth-order valence-corrected chi connectivity index (χ4v) is 5.15. The highest BCUT2D eigenvalue weighted by Gasteiger charge is 2.35. The van der Waals surface area contributed by atoms with Gasteiger partial charge in [0, 0.05) is 25.2 Å². The molecule has 1 aromatic rings. The zero-order valence-electron chi connectivity index (χ0n) is 14.5. The van der Waals surface area contributed by atoms with Crippen molar-refractivity contribution in [1.82, 2.24) is 19.4 Å². The van der Waals surface area contributed by atoms with E-state index in [4.69, 9.17) is 0 Å². The number of rotatable bonds is 6. The van der Waals surface area contributed by atoms with Crippen LogP contribution in [0.1, 0.15) is 50.5 Å². The summed E-state index contributed by atoms with van der Waals surface area (Å²) in [5.41, 5.74) is 1.30. The van der Waals surface area contributed by atoms with Crippen LogP contribution in [0, 0.1) is 19.8 Å². The van der Waals surface area contributed by atoms with Crippen LogP contribution in [0.3, 0.4) is 0 Å². The number of aromatic nitrogens is 2. The van der Waals surface area contributed by atoms with Gasteiger partial charge in [-0.25, -0.2) is 13.1 Å². The van der Waals surface area contributed by atoms with Gasteiger partial charge in [-0.15, -0.1) is 0 Å². The highest BCUT2D eigenvalue weighted by atomic mass is 32.2. The van der Waals surface area contributed by atoms with Gasteiger partial charge in [0.1, 0.15) is 4.90 Å². The Morgan fingerprint density at radius 2 is 1.96 bits per heavy atom. The van der Waals surface area contributed by atoms with E-state index in [1.165, 1.54) is 12.8 Å². The third-order valence-electron chi connectivity index (χ3n) is 4.96. The molecule has 1 unspecified atom stereocenters. The predicted octanol–water partition coefficient (Wildman–Crippen LogP) is 1.84. The van der Waals surface area contributed by atoms with E-state index in [1.54, 1.807) is 11.6 Å². The Morgan fingerprint density at radius 1 is 1.26 bits per heavy atom. The highest BCUT2D eigenvalue weighted by Crippen LogP contribution is 2.31. The molecule has 0 radical (unpaired) electrons. The number of hydrogen-bond donors (Lipinski definition) is 1. The van der Waals surface area contributed by atoms with Gasteiger partial charge in [0.2, 0.25) is 10.0 Å². The van der Waals surface area contributed by atoms with Gasteiger partial charge in [-0.1, -0.05) is 0 Å². The highest BCUT2D eigenvalue weighted by molar-refractivity contribution is 7.89. The Kier molecular flexibility index (Phi) is 4.55. The molecule has 6 nitrogen and oxygen atoms in total. The van der Waals surface area contributed by atoms with E-state index in [9.17, 15) is 8.42 Å². The molecule has 0 spiro atoms. The van der Waals surface area contributed by atoms with Gasteiger partial charge in [-0.3, -0.25) is 4.68 Å². The van der Waals surface area contributed by atoms with E-state index in [0.717, 1.165) is 31.2 Å². The summed E-state index contributed by atoms with van der Waals surface area (Å²) in [7, 11) is -3.50. The maximum Gasteiger partial charge on any atom is 0.244 e. The summed E-state index contributed by atoms with van der Waals surface area (Å²) in [5, 5.41) is 4.39. The van der Waals surface area contributed by atoms with Crippen LogP contribution in [0.5, 0.6) is 0 Å². The zero-order valence-corrected chi connectivity index (χ0v) is 15.4. The molecule has 1 aromatic heterocycles. The van der Waals surface area contributed by atoms with Crippen LogP contribution in [0.4, 0.5) is 0 Å². The van der Waals surface area contributed by atoms with Crippen molar-refractivity contribution in [3.8, 4) is 0 Å². The third-order valence-corrected chi connectivity index (χ3v) is 6.63. The molecule has 1 aliphatic heterocycles. The van der Waals surface area contributed by atoms with Gasteiger partial charge >= 0.3 is 0 Å². The summed E-state index contributed by atoms with van der Waals surface area (Å²) >= 11 is 0. The van der Waals surface area contributed by atoms with E-state index in [-0.39, 0.29) is 6.04 Å². The molecule has 7 heteroatoms. The van der Waals surface area contributed by atoms with Crippen molar-refractivity contribution in [2.75, 3.05) is 19.6 Å². The Morgan fingerprint density at radius 3 is 2.52 bits per heavy atom. The summed E-state index contributed by atoms with van der Waals surface area (Å²) in [6, 6.07) is 0.921. The minimum Gasteiger partial charge on any atom is -0.300 e. The van der Waals surface area contributed by atoms with Crippen molar-refractivity contribution >= 4 is 10.0 Å². The number of likely N-dealkylation sites (tertiary alicyclic amines) is 1. The largest absolute Gasteiger partial charge is 0.300 e. The van der Waals surface area contributed by atoms with Crippen LogP contribution in [0.15, 0.2) is 4.90 Å². The molecule has 3 rings (SSSR count). The molecule has 0 aromatic carbocycles. The van der Waals surface area contributed by atoms with Crippen molar-refractivity contribution in [2.45, 2.75) is 63.9 Å². The molecule has 2 heterocycles. The summed E-state index contributed by atoms with van der Waals surface area (Å²) in [6.45, 7) is 10.3. The Bertz CT molecular complexity index is 676.